The fraction of sp³-hybridized carbons (Fsp3) is 0.267. The second kappa shape index (κ2) is 4.79. The number of thiophene rings is 1. The van der Waals surface area contributed by atoms with Crippen molar-refractivity contribution in [3.8, 4) is 11.5 Å². The maximum atomic E-state index is 6.34. The molecule has 0 saturated heterocycles. The van der Waals surface area contributed by atoms with Crippen LogP contribution in [0.1, 0.15) is 21.6 Å². The van der Waals surface area contributed by atoms with Crippen molar-refractivity contribution in [1.82, 2.24) is 15.0 Å². The summed E-state index contributed by atoms with van der Waals surface area (Å²) in [6.07, 6.45) is 1.83. The minimum absolute atomic E-state index is 0.508. The fourth-order valence-corrected chi connectivity index (χ4v) is 3.65. The van der Waals surface area contributed by atoms with E-state index in [1.165, 1.54) is 4.88 Å². The molecule has 0 atom stereocenters. The Morgan fingerprint density at radius 1 is 1.10 bits per heavy atom. The molecule has 0 unspecified atom stereocenters. The van der Waals surface area contributed by atoms with Crippen LogP contribution in [0.4, 0.5) is 0 Å². The van der Waals surface area contributed by atoms with E-state index in [9.17, 15) is 0 Å². The molecule has 20 heavy (non-hydrogen) atoms. The highest BCUT2D eigenvalue weighted by molar-refractivity contribution is 7.18. The van der Waals surface area contributed by atoms with Crippen LogP contribution in [0.15, 0.2) is 12.3 Å². The van der Waals surface area contributed by atoms with Gasteiger partial charge in [-0.15, -0.1) is 11.3 Å². The largest absolute Gasteiger partial charge is 0.252 e. The molecule has 0 aromatic carbocycles. The third-order valence-electron chi connectivity index (χ3n) is 3.41. The molecule has 0 radical (unpaired) electrons. The van der Waals surface area contributed by atoms with Crippen molar-refractivity contribution >= 4 is 33.2 Å². The Bertz CT molecular complexity index is 824. The summed E-state index contributed by atoms with van der Waals surface area (Å²) in [7, 11) is 0. The molecule has 0 spiro atoms. The lowest BCUT2D eigenvalue weighted by atomic mass is 10.1. The van der Waals surface area contributed by atoms with Crippen LogP contribution in [0.2, 0.25) is 5.15 Å². The predicted octanol–water partition coefficient (Wildman–Crippen LogP) is 4.64. The molecule has 3 nitrogen and oxygen atoms in total. The molecule has 3 rings (SSSR count). The van der Waals surface area contributed by atoms with Gasteiger partial charge in [-0.1, -0.05) is 17.7 Å². The van der Waals surface area contributed by atoms with Gasteiger partial charge in [0.05, 0.1) is 5.39 Å². The topological polar surface area (TPSA) is 38.7 Å². The third kappa shape index (κ3) is 2.09. The first-order valence-corrected chi connectivity index (χ1v) is 7.53. The Labute approximate surface area is 126 Å². The molecule has 0 aliphatic carbocycles. The molecular formula is C15H14ClN3S. The van der Waals surface area contributed by atoms with E-state index in [1.807, 2.05) is 20.0 Å². The summed E-state index contributed by atoms with van der Waals surface area (Å²) >= 11 is 7.99. The van der Waals surface area contributed by atoms with Gasteiger partial charge in [0.2, 0.25) is 0 Å². The summed E-state index contributed by atoms with van der Waals surface area (Å²) < 4.78 is 0. The molecule has 0 fully saturated rings. The molecule has 3 aromatic heterocycles. The van der Waals surface area contributed by atoms with Crippen molar-refractivity contribution in [2.45, 2.75) is 27.7 Å². The standard InChI is InChI=1S/C15H14ClN3S/c1-7-5-8(2)12(17-6-7)14-18-13(16)11-9(3)10(4)20-15(11)19-14/h5-6H,1-4H3. The number of halogens is 1. The predicted molar refractivity (Wildman–Crippen MR) is 84.6 cm³/mol. The Morgan fingerprint density at radius 3 is 2.55 bits per heavy atom. The summed E-state index contributed by atoms with van der Waals surface area (Å²) in [4.78, 5) is 15.7. The second-order valence-electron chi connectivity index (χ2n) is 4.98. The Morgan fingerprint density at radius 2 is 1.85 bits per heavy atom. The van der Waals surface area contributed by atoms with Crippen molar-refractivity contribution in [2.75, 3.05) is 0 Å². The number of rotatable bonds is 1. The highest BCUT2D eigenvalue weighted by atomic mass is 35.5. The molecule has 0 aliphatic rings. The number of nitrogens with zero attached hydrogens (tertiary/aromatic N) is 3. The van der Waals surface area contributed by atoms with E-state index in [2.05, 4.69) is 34.9 Å². The van der Waals surface area contributed by atoms with Crippen LogP contribution in [-0.4, -0.2) is 15.0 Å². The number of aromatic nitrogens is 3. The Hall–Kier alpha value is -1.52. The Balaban J connectivity index is 2.27. The quantitative estimate of drug-likeness (QED) is 0.615. The van der Waals surface area contributed by atoms with Gasteiger partial charge in [0.15, 0.2) is 5.82 Å². The van der Waals surface area contributed by atoms with Gasteiger partial charge in [-0.25, -0.2) is 9.97 Å². The summed E-state index contributed by atoms with van der Waals surface area (Å²) in [5.41, 5.74) is 4.14. The number of hydrogen-bond donors (Lipinski definition) is 0. The van der Waals surface area contributed by atoms with Gasteiger partial charge in [0.1, 0.15) is 15.7 Å². The normalized spacial score (nSPS) is 11.2. The average Bonchev–Trinajstić information content (AvgIpc) is 2.65. The molecule has 0 saturated carbocycles. The summed E-state index contributed by atoms with van der Waals surface area (Å²) in [6.45, 7) is 8.17. The molecule has 0 bridgehead atoms. The van der Waals surface area contributed by atoms with Crippen molar-refractivity contribution in [1.29, 1.82) is 0 Å². The first-order valence-electron chi connectivity index (χ1n) is 6.34. The molecule has 102 valence electrons. The lowest BCUT2D eigenvalue weighted by Crippen LogP contribution is -1.96. The Kier molecular flexibility index (Phi) is 3.22. The maximum Gasteiger partial charge on any atom is 0.181 e. The molecule has 0 amide bonds. The smallest absolute Gasteiger partial charge is 0.181 e. The lowest BCUT2D eigenvalue weighted by Gasteiger charge is -2.05. The first kappa shape index (κ1) is 13.5. The fourth-order valence-electron chi connectivity index (χ4n) is 2.26. The van der Waals surface area contributed by atoms with E-state index >= 15 is 0 Å². The SMILES string of the molecule is Cc1cnc(-c2nc(Cl)c3c(C)c(C)sc3n2)c(C)c1. The molecule has 0 aliphatic heterocycles. The molecule has 3 aromatic rings. The average molecular weight is 304 g/mol. The number of hydrogen-bond acceptors (Lipinski definition) is 4. The van der Waals surface area contributed by atoms with Gasteiger partial charge in [-0.2, -0.15) is 0 Å². The maximum absolute atomic E-state index is 6.34. The van der Waals surface area contributed by atoms with Gasteiger partial charge in [-0.3, -0.25) is 4.98 Å². The van der Waals surface area contributed by atoms with Gasteiger partial charge in [-0.05, 0) is 44.4 Å². The first-order chi connectivity index (χ1) is 9.47. The third-order valence-corrected chi connectivity index (χ3v) is 4.79. The zero-order chi connectivity index (χ0) is 14.4. The highest BCUT2D eigenvalue weighted by Crippen LogP contribution is 2.34. The highest BCUT2D eigenvalue weighted by Gasteiger charge is 2.15. The van der Waals surface area contributed by atoms with E-state index in [0.29, 0.717) is 11.0 Å². The zero-order valence-corrected chi connectivity index (χ0v) is 13.4. The number of pyridine rings is 1. The number of fused-ring (bicyclic) bond motifs is 1. The number of aryl methyl sites for hydroxylation is 4. The van der Waals surface area contributed by atoms with Crippen LogP contribution in [0.3, 0.4) is 0 Å². The summed E-state index contributed by atoms with van der Waals surface area (Å²) in [5, 5.41) is 1.47. The molecule has 5 heteroatoms. The lowest BCUT2D eigenvalue weighted by molar-refractivity contribution is 1.14. The van der Waals surface area contributed by atoms with E-state index < -0.39 is 0 Å². The van der Waals surface area contributed by atoms with Crippen molar-refractivity contribution in [2.24, 2.45) is 0 Å². The molecular weight excluding hydrogens is 290 g/mol. The second-order valence-corrected chi connectivity index (χ2v) is 6.54. The minimum atomic E-state index is 0.508. The van der Waals surface area contributed by atoms with Crippen LogP contribution in [0, 0.1) is 27.7 Å². The van der Waals surface area contributed by atoms with Crippen molar-refractivity contribution in [3.63, 3.8) is 0 Å². The van der Waals surface area contributed by atoms with Gasteiger partial charge < -0.3 is 0 Å². The van der Waals surface area contributed by atoms with E-state index in [1.54, 1.807) is 11.3 Å². The molecule has 3 heterocycles. The van der Waals surface area contributed by atoms with E-state index in [4.69, 9.17) is 11.6 Å². The van der Waals surface area contributed by atoms with Crippen LogP contribution in [-0.2, 0) is 0 Å². The van der Waals surface area contributed by atoms with Crippen LogP contribution < -0.4 is 0 Å². The van der Waals surface area contributed by atoms with Crippen LogP contribution >= 0.6 is 22.9 Å². The van der Waals surface area contributed by atoms with Crippen LogP contribution in [0.5, 0.6) is 0 Å². The minimum Gasteiger partial charge on any atom is -0.252 e. The van der Waals surface area contributed by atoms with Crippen LogP contribution in [0.25, 0.3) is 21.7 Å². The van der Waals surface area contributed by atoms with Gasteiger partial charge in [0.25, 0.3) is 0 Å². The van der Waals surface area contributed by atoms with Crippen molar-refractivity contribution in [3.05, 3.63) is 39.0 Å². The summed E-state index contributed by atoms with van der Waals surface area (Å²) in [5.74, 6) is 0.598. The van der Waals surface area contributed by atoms with Gasteiger partial charge in [0, 0.05) is 11.1 Å². The monoisotopic (exact) mass is 303 g/mol. The zero-order valence-electron chi connectivity index (χ0n) is 11.8. The van der Waals surface area contributed by atoms with Gasteiger partial charge >= 0.3 is 0 Å². The van der Waals surface area contributed by atoms with E-state index in [0.717, 1.165) is 32.6 Å². The van der Waals surface area contributed by atoms with Crippen molar-refractivity contribution < 1.29 is 0 Å². The summed E-state index contributed by atoms with van der Waals surface area (Å²) in [6, 6.07) is 2.08. The molecule has 0 N–H and O–H groups in total. The van der Waals surface area contributed by atoms with E-state index in [-0.39, 0.29) is 0 Å².